The van der Waals surface area contributed by atoms with E-state index in [0.29, 0.717) is 24.2 Å². The Morgan fingerprint density at radius 1 is 1.38 bits per heavy atom. The number of rotatable bonds is 1. The molecule has 3 rings (SSSR count). The standard InChI is InChI=1S/C10H8ClN3OS/c11-9-6-4-15-2-1-7(6)13-10(14-9)8-3-12-5-16-8/h3,5H,1-2,4H2. The number of hydrogen-bond donors (Lipinski definition) is 0. The second-order valence-corrected chi connectivity index (χ2v) is 4.68. The predicted molar refractivity (Wildman–Crippen MR) is 61.5 cm³/mol. The summed E-state index contributed by atoms with van der Waals surface area (Å²) in [6.45, 7) is 1.21. The van der Waals surface area contributed by atoms with E-state index < -0.39 is 0 Å². The first-order valence-corrected chi connectivity index (χ1v) is 6.12. The lowest BCUT2D eigenvalue weighted by Crippen LogP contribution is -2.13. The molecular formula is C10H8ClN3OS. The first-order chi connectivity index (χ1) is 7.84. The maximum atomic E-state index is 6.12. The maximum Gasteiger partial charge on any atom is 0.172 e. The molecule has 6 heteroatoms. The highest BCUT2D eigenvalue weighted by Gasteiger charge is 2.18. The van der Waals surface area contributed by atoms with E-state index in [1.165, 1.54) is 11.3 Å². The Bertz CT molecular complexity index is 515. The summed E-state index contributed by atoms with van der Waals surface area (Å²) in [4.78, 5) is 13.7. The maximum absolute atomic E-state index is 6.12. The molecule has 4 nitrogen and oxygen atoms in total. The van der Waals surface area contributed by atoms with E-state index in [0.717, 1.165) is 22.6 Å². The van der Waals surface area contributed by atoms with Crippen LogP contribution in [0.5, 0.6) is 0 Å². The van der Waals surface area contributed by atoms with Gasteiger partial charge in [-0.2, -0.15) is 0 Å². The minimum Gasteiger partial charge on any atom is -0.376 e. The van der Waals surface area contributed by atoms with Crippen LogP contribution < -0.4 is 0 Å². The molecule has 0 saturated carbocycles. The largest absolute Gasteiger partial charge is 0.376 e. The van der Waals surface area contributed by atoms with Gasteiger partial charge in [0.1, 0.15) is 5.15 Å². The van der Waals surface area contributed by atoms with Gasteiger partial charge in [0.25, 0.3) is 0 Å². The monoisotopic (exact) mass is 253 g/mol. The molecule has 0 atom stereocenters. The molecule has 2 aromatic heterocycles. The zero-order chi connectivity index (χ0) is 11.0. The van der Waals surface area contributed by atoms with E-state index >= 15 is 0 Å². The van der Waals surface area contributed by atoms with Gasteiger partial charge in [0, 0.05) is 18.2 Å². The molecule has 2 aromatic rings. The van der Waals surface area contributed by atoms with Crippen molar-refractivity contribution in [2.75, 3.05) is 6.61 Å². The zero-order valence-corrected chi connectivity index (χ0v) is 9.88. The molecule has 1 aliphatic rings. The predicted octanol–water partition coefficient (Wildman–Crippen LogP) is 2.33. The van der Waals surface area contributed by atoms with Gasteiger partial charge in [-0.3, -0.25) is 4.98 Å². The summed E-state index contributed by atoms with van der Waals surface area (Å²) in [6.07, 6.45) is 2.55. The molecule has 0 N–H and O–H groups in total. The van der Waals surface area contributed by atoms with Crippen molar-refractivity contribution in [3.8, 4) is 10.7 Å². The van der Waals surface area contributed by atoms with Crippen molar-refractivity contribution in [3.63, 3.8) is 0 Å². The van der Waals surface area contributed by atoms with Crippen molar-refractivity contribution in [2.24, 2.45) is 0 Å². The van der Waals surface area contributed by atoms with Gasteiger partial charge in [-0.1, -0.05) is 11.6 Å². The number of ether oxygens (including phenoxy) is 1. The lowest BCUT2D eigenvalue weighted by atomic mass is 10.1. The number of aromatic nitrogens is 3. The molecule has 0 fully saturated rings. The summed E-state index contributed by atoms with van der Waals surface area (Å²) < 4.78 is 5.33. The van der Waals surface area contributed by atoms with Crippen LogP contribution in [0.4, 0.5) is 0 Å². The molecule has 0 amide bonds. The highest BCUT2D eigenvalue weighted by molar-refractivity contribution is 7.13. The molecule has 0 aliphatic carbocycles. The van der Waals surface area contributed by atoms with Gasteiger partial charge in [0.2, 0.25) is 0 Å². The summed E-state index contributed by atoms with van der Waals surface area (Å²) in [5.41, 5.74) is 3.67. The summed E-state index contributed by atoms with van der Waals surface area (Å²) in [5.74, 6) is 0.660. The van der Waals surface area contributed by atoms with Gasteiger partial charge in [-0.15, -0.1) is 11.3 Å². The summed E-state index contributed by atoms with van der Waals surface area (Å²) >= 11 is 7.63. The topological polar surface area (TPSA) is 47.9 Å². The average Bonchev–Trinajstić information content (AvgIpc) is 2.82. The van der Waals surface area contributed by atoms with E-state index in [1.807, 2.05) is 0 Å². The van der Waals surface area contributed by atoms with E-state index in [1.54, 1.807) is 11.7 Å². The Morgan fingerprint density at radius 2 is 2.31 bits per heavy atom. The fourth-order valence-corrected chi connectivity index (χ4v) is 2.43. The molecule has 0 spiro atoms. The van der Waals surface area contributed by atoms with Crippen LogP contribution in [-0.4, -0.2) is 21.6 Å². The first kappa shape index (κ1) is 10.1. The van der Waals surface area contributed by atoms with Gasteiger partial charge in [0.15, 0.2) is 5.82 Å². The molecule has 0 aromatic carbocycles. The number of thiazole rings is 1. The molecule has 0 bridgehead atoms. The molecule has 0 radical (unpaired) electrons. The van der Waals surface area contributed by atoms with Crippen molar-refractivity contribution in [3.05, 3.63) is 28.1 Å². The highest BCUT2D eigenvalue weighted by atomic mass is 35.5. The van der Waals surface area contributed by atoms with Crippen molar-refractivity contribution in [1.82, 2.24) is 15.0 Å². The Hall–Kier alpha value is -1.04. The van der Waals surface area contributed by atoms with Crippen LogP contribution in [0.1, 0.15) is 11.3 Å². The smallest absolute Gasteiger partial charge is 0.172 e. The van der Waals surface area contributed by atoms with Crippen LogP contribution in [-0.2, 0) is 17.8 Å². The fourth-order valence-electron chi connectivity index (χ4n) is 1.63. The van der Waals surface area contributed by atoms with Crippen LogP contribution in [0.15, 0.2) is 11.7 Å². The lowest BCUT2D eigenvalue weighted by molar-refractivity contribution is 0.109. The van der Waals surface area contributed by atoms with Crippen LogP contribution in [0, 0.1) is 0 Å². The van der Waals surface area contributed by atoms with Crippen LogP contribution in [0.25, 0.3) is 10.7 Å². The third kappa shape index (κ3) is 1.71. The number of hydrogen-bond acceptors (Lipinski definition) is 5. The molecule has 0 unspecified atom stereocenters. The van der Waals surface area contributed by atoms with Gasteiger partial charge < -0.3 is 4.74 Å². The fraction of sp³-hybridized carbons (Fsp3) is 0.300. The van der Waals surface area contributed by atoms with E-state index in [4.69, 9.17) is 16.3 Å². The SMILES string of the molecule is Clc1nc(-c2cncs2)nc2c1COCC2. The summed E-state index contributed by atoms with van der Waals surface area (Å²) in [6, 6.07) is 0. The molecule has 16 heavy (non-hydrogen) atoms. The summed E-state index contributed by atoms with van der Waals surface area (Å²) in [5, 5.41) is 0.494. The van der Waals surface area contributed by atoms with E-state index in [9.17, 15) is 0 Å². The lowest BCUT2D eigenvalue weighted by Gasteiger charge is -2.16. The molecular weight excluding hydrogens is 246 g/mol. The number of halogens is 1. The van der Waals surface area contributed by atoms with Crippen molar-refractivity contribution < 1.29 is 4.74 Å². The van der Waals surface area contributed by atoms with Crippen LogP contribution in [0.3, 0.4) is 0 Å². The van der Waals surface area contributed by atoms with Crippen molar-refractivity contribution in [1.29, 1.82) is 0 Å². The molecule has 1 aliphatic heterocycles. The van der Waals surface area contributed by atoms with E-state index in [-0.39, 0.29) is 0 Å². The van der Waals surface area contributed by atoms with Crippen LogP contribution in [0.2, 0.25) is 5.15 Å². The van der Waals surface area contributed by atoms with E-state index in [2.05, 4.69) is 15.0 Å². The Kier molecular flexibility index (Phi) is 2.59. The van der Waals surface area contributed by atoms with Gasteiger partial charge in [-0.25, -0.2) is 9.97 Å². The van der Waals surface area contributed by atoms with Crippen molar-refractivity contribution in [2.45, 2.75) is 13.0 Å². The second-order valence-electron chi connectivity index (χ2n) is 3.43. The molecule has 82 valence electrons. The van der Waals surface area contributed by atoms with Gasteiger partial charge in [-0.05, 0) is 0 Å². The zero-order valence-electron chi connectivity index (χ0n) is 8.31. The normalized spacial score (nSPS) is 14.8. The Balaban J connectivity index is 2.12. The Morgan fingerprint density at radius 3 is 3.12 bits per heavy atom. The third-order valence-electron chi connectivity index (χ3n) is 2.42. The van der Waals surface area contributed by atoms with Gasteiger partial charge in [0.05, 0.1) is 29.3 Å². The average molecular weight is 254 g/mol. The van der Waals surface area contributed by atoms with Gasteiger partial charge >= 0.3 is 0 Å². The van der Waals surface area contributed by atoms with Crippen LogP contribution >= 0.6 is 22.9 Å². The first-order valence-electron chi connectivity index (χ1n) is 4.86. The van der Waals surface area contributed by atoms with Crippen molar-refractivity contribution >= 4 is 22.9 Å². The number of nitrogens with zero attached hydrogens (tertiary/aromatic N) is 3. The quantitative estimate of drug-likeness (QED) is 0.732. The second kappa shape index (κ2) is 4.08. The molecule has 3 heterocycles. The Labute approximate surface area is 101 Å². The molecule has 0 saturated heterocycles. The minimum atomic E-state index is 0.494. The highest BCUT2D eigenvalue weighted by Crippen LogP contribution is 2.27. The number of fused-ring (bicyclic) bond motifs is 1. The minimum absolute atomic E-state index is 0.494. The third-order valence-corrected chi connectivity index (χ3v) is 3.51. The summed E-state index contributed by atoms with van der Waals surface area (Å²) in [7, 11) is 0.